The van der Waals surface area contributed by atoms with Crippen molar-refractivity contribution in [2.24, 2.45) is 17.2 Å². The molecular formula is C23H46N6O10S. The third-order valence-electron chi connectivity index (χ3n) is 7.28. The number of hydrogen-bond acceptors (Lipinski definition) is 15. The van der Waals surface area contributed by atoms with E-state index in [2.05, 4.69) is 15.4 Å². The number of hydrogen-bond donors (Lipinski definition) is 10. The molecule has 0 aromatic rings. The van der Waals surface area contributed by atoms with Crippen LogP contribution in [-0.2, 0) is 29.0 Å². The number of aliphatic hydroxyl groups is 4. The molecule has 1 aliphatic carbocycles. The molecule has 0 bridgehead atoms. The average Bonchev–Trinajstić information content (AvgIpc) is 2.87. The molecule has 0 aromatic carbocycles. The van der Waals surface area contributed by atoms with Gasteiger partial charge in [0.25, 0.3) is 0 Å². The summed E-state index contributed by atoms with van der Waals surface area (Å²) in [5.74, 6) is 0.182. The zero-order chi connectivity index (χ0) is 29.7. The maximum Gasteiger partial charge on any atom is 0.215 e. The van der Waals surface area contributed by atoms with Crippen LogP contribution in [0.25, 0.3) is 0 Å². The highest BCUT2D eigenvalue weighted by Crippen LogP contribution is 2.32. The fourth-order valence-corrected chi connectivity index (χ4v) is 6.35. The summed E-state index contributed by atoms with van der Waals surface area (Å²) in [5, 5.41) is 47.7. The number of nitrogens with one attached hydrogen (secondary N) is 3. The highest BCUT2D eigenvalue weighted by molar-refractivity contribution is 7.89. The first-order valence-electron chi connectivity index (χ1n) is 13.4. The standard InChI is InChI=1S/C23H46N6O10S/c1-23(33)11-36-22(17(32)20(23)27-2)39-19-15(29-40(34,35)8-5-24)9-14(26)18(16(19)31)38-21-13(25)4-3-12(37-21)10-28-6-7-30/h3,13-22,27-33H,4-11,24-26H2,1-2H3/t13-,14+,15-,16+,17-,18-,19+,20-,21-,22-,23+/m1/s1. The van der Waals surface area contributed by atoms with Gasteiger partial charge in [-0.2, -0.15) is 0 Å². The van der Waals surface area contributed by atoms with Gasteiger partial charge in [-0.3, -0.25) is 0 Å². The molecular weight excluding hydrogens is 552 g/mol. The van der Waals surface area contributed by atoms with E-state index >= 15 is 0 Å². The number of aliphatic hydroxyl groups excluding tert-OH is 3. The first kappa shape index (κ1) is 33.5. The van der Waals surface area contributed by atoms with Crippen molar-refractivity contribution in [3.63, 3.8) is 0 Å². The van der Waals surface area contributed by atoms with Gasteiger partial charge < -0.3 is 67.2 Å². The Kier molecular flexibility index (Phi) is 12.1. The summed E-state index contributed by atoms with van der Waals surface area (Å²) in [6.45, 7) is 1.82. The first-order chi connectivity index (χ1) is 18.8. The Labute approximate surface area is 234 Å². The number of ether oxygens (including phenoxy) is 4. The van der Waals surface area contributed by atoms with Crippen LogP contribution in [0.1, 0.15) is 19.8 Å². The monoisotopic (exact) mass is 598 g/mol. The van der Waals surface area contributed by atoms with Crippen LogP contribution in [0, 0.1) is 0 Å². The van der Waals surface area contributed by atoms with Gasteiger partial charge in [0.2, 0.25) is 16.3 Å². The molecule has 3 rings (SSSR count). The molecule has 234 valence electrons. The summed E-state index contributed by atoms with van der Waals surface area (Å²) in [6.07, 6.45) is -5.33. The second-order valence-electron chi connectivity index (χ2n) is 10.7. The topological polar surface area (TPSA) is 266 Å². The molecule has 2 aliphatic heterocycles. The molecule has 0 unspecified atom stereocenters. The fraction of sp³-hybridized carbons (Fsp3) is 0.913. The lowest BCUT2D eigenvalue weighted by molar-refractivity contribution is -0.303. The quantitative estimate of drug-likeness (QED) is 0.0887. The summed E-state index contributed by atoms with van der Waals surface area (Å²) >= 11 is 0. The van der Waals surface area contributed by atoms with Gasteiger partial charge in [0.1, 0.15) is 35.8 Å². The summed E-state index contributed by atoms with van der Waals surface area (Å²) in [6, 6.07) is -3.30. The molecule has 1 saturated heterocycles. The lowest BCUT2D eigenvalue weighted by Crippen LogP contribution is -2.69. The van der Waals surface area contributed by atoms with Gasteiger partial charge in [0.05, 0.1) is 43.6 Å². The Hall–Kier alpha value is -1.03. The van der Waals surface area contributed by atoms with Crippen molar-refractivity contribution >= 4 is 10.0 Å². The largest absolute Gasteiger partial charge is 0.467 e. The van der Waals surface area contributed by atoms with Crippen molar-refractivity contribution in [2.75, 3.05) is 45.6 Å². The Bertz CT molecular complexity index is 943. The van der Waals surface area contributed by atoms with Crippen molar-refractivity contribution in [3.8, 4) is 0 Å². The van der Waals surface area contributed by atoms with Gasteiger partial charge >= 0.3 is 0 Å². The Morgan fingerprint density at radius 2 is 1.85 bits per heavy atom. The van der Waals surface area contributed by atoms with Crippen LogP contribution in [-0.4, -0.2) is 141 Å². The Morgan fingerprint density at radius 3 is 2.50 bits per heavy atom. The lowest BCUT2D eigenvalue weighted by atomic mass is 9.84. The molecule has 0 spiro atoms. The zero-order valence-corrected chi connectivity index (χ0v) is 23.7. The summed E-state index contributed by atoms with van der Waals surface area (Å²) < 4.78 is 51.2. The van der Waals surface area contributed by atoms with E-state index in [0.717, 1.165) is 0 Å². The van der Waals surface area contributed by atoms with Crippen molar-refractivity contribution < 1.29 is 47.8 Å². The Morgan fingerprint density at radius 1 is 1.15 bits per heavy atom. The number of nitrogens with two attached hydrogens (primary N) is 3. The maximum atomic E-state index is 12.6. The molecule has 3 aliphatic rings. The van der Waals surface area contributed by atoms with E-state index < -0.39 is 76.8 Å². The number of rotatable bonds is 13. The minimum atomic E-state index is -3.87. The van der Waals surface area contributed by atoms with Crippen LogP contribution in [0.3, 0.4) is 0 Å². The van der Waals surface area contributed by atoms with E-state index in [9.17, 15) is 23.7 Å². The highest BCUT2D eigenvalue weighted by Gasteiger charge is 2.52. The normalized spacial score (nSPS) is 40.9. The van der Waals surface area contributed by atoms with E-state index in [1.54, 1.807) is 13.1 Å². The molecule has 1 saturated carbocycles. The summed E-state index contributed by atoms with van der Waals surface area (Å²) in [7, 11) is -2.31. The molecule has 13 N–H and O–H groups in total. The Balaban J connectivity index is 1.80. The summed E-state index contributed by atoms with van der Waals surface area (Å²) in [4.78, 5) is 0. The van der Waals surface area contributed by atoms with Crippen molar-refractivity contribution in [2.45, 2.75) is 86.5 Å². The van der Waals surface area contributed by atoms with Crippen molar-refractivity contribution in [1.82, 2.24) is 15.4 Å². The van der Waals surface area contributed by atoms with Crippen molar-refractivity contribution in [3.05, 3.63) is 11.8 Å². The SMILES string of the molecule is CN[C@@H]1[C@@H](O)[C@@H](O[C@@H]2[C@@H](O)[C@H](O[C@H]3OC(CNCCO)=CC[C@H]3N)[C@@H](N)C[C@H]2NS(=O)(=O)CCN)OC[C@]1(C)O. The van der Waals surface area contributed by atoms with E-state index in [1.165, 1.54) is 6.92 Å². The predicted molar refractivity (Wildman–Crippen MR) is 143 cm³/mol. The number of likely N-dealkylation sites (N-methyl/N-ethyl adjacent to an activating group) is 1. The van der Waals surface area contributed by atoms with Crippen molar-refractivity contribution in [1.29, 1.82) is 0 Å². The van der Waals surface area contributed by atoms with E-state index in [-0.39, 0.29) is 31.9 Å². The zero-order valence-electron chi connectivity index (χ0n) is 22.9. The van der Waals surface area contributed by atoms with Gasteiger partial charge in [-0.1, -0.05) is 0 Å². The van der Waals surface area contributed by atoms with E-state index in [1.807, 2.05) is 0 Å². The molecule has 0 aromatic heterocycles. The first-order valence-corrected chi connectivity index (χ1v) is 15.1. The van der Waals surface area contributed by atoms with Crippen LogP contribution in [0.15, 0.2) is 11.8 Å². The van der Waals surface area contributed by atoms with Gasteiger partial charge in [0, 0.05) is 19.1 Å². The van der Waals surface area contributed by atoms with Gasteiger partial charge in [-0.15, -0.1) is 0 Å². The second kappa shape index (κ2) is 14.4. The molecule has 0 radical (unpaired) electrons. The third-order valence-corrected chi connectivity index (χ3v) is 8.72. The van der Waals surface area contributed by atoms with Crippen LogP contribution >= 0.6 is 0 Å². The fourth-order valence-electron chi connectivity index (χ4n) is 5.23. The highest BCUT2D eigenvalue weighted by atomic mass is 32.2. The summed E-state index contributed by atoms with van der Waals surface area (Å²) in [5.41, 5.74) is 16.6. The van der Waals surface area contributed by atoms with Gasteiger partial charge in [-0.25, -0.2) is 13.1 Å². The lowest BCUT2D eigenvalue weighted by Gasteiger charge is -2.48. The minimum Gasteiger partial charge on any atom is -0.467 e. The second-order valence-corrected chi connectivity index (χ2v) is 12.5. The molecule has 17 heteroatoms. The molecule has 11 atom stereocenters. The smallest absolute Gasteiger partial charge is 0.215 e. The maximum absolute atomic E-state index is 12.6. The van der Waals surface area contributed by atoms with Crippen LogP contribution in [0.5, 0.6) is 0 Å². The minimum absolute atomic E-state index is 0.00507. The molecule has 2 fully saturated rings. The number of sulfonamides is 1. The molecule has 40 heavy (non-hydrogen) atoms. The van der Waals surface area contributed by atoms with E-state index in [4.69, 9.17) is 41.3 Å². The van der Waals surface area contributed by atoms with Crippen LogP contribution in [0.2, 0.25) is 0 Å². The van der Waals surface area contributed by atoms with Crippen LogP contribution < -0.4 is 32.6 Å². The molecule has 16 nitrogen and oxygen atoms in total. The van der Waals surface area contributed by atoms with E-state index in [0.29, 0.717) is 25.3 Å². The third kappa shape index (κ3) is 8.29. The average molecular weight is 599 g/mol. The van der Waals surface area contributed by atoms with Gasteiger partial charge in [-0.05, 0) is 32.9 Å². The molecule has 2 heterocycles. The molecule has 0 amide bonds. The predicted octanol–water partition coefficient (Wildman–Crippen LogP) is -5.31. The van der Waals surface area contributed by atoms with Gasteiger partial charge in [0.15, 0.2) is 6.29 Å². The van der Waals surface area contributed by atoms with Crippen LogP contribution in [0.4, 0.5) is 0 Å².